The van der Waals surface area contributed by atoms with Crippen molar-refractivity contribution in [1.82, 2.24) is 5.32 Å². The van der Waals surface area contributed by atoms with Crippen LogP contribution < -0.4 is 5.32 Å². The molecule has 0 unspecified atom stereocenters. The molecule has 0 aromatic heterocycles. The fourth-order valence-corrected chi connectivity index (χ4v) is 1.09. The van der Waals surface area contributed by atoms with Gasteiger partial charge >= 0.3 is 0 Å². The van der Waals surface area contributed by atoms with Crippen LogP contribution in [0, 0.1) is 16.7 Å². The highest BCUT2D eigenvalue weighted by Gasteiger charge is 2.25. The second-order valence-electron chi connectivity index (χ2n) is 2.92. The molecule has 0 bridgehead atoms. The molecule has 10 heavy (non-hydrogen) atoms. The number of nitrogens with one attached hydrogen (secondary N) is 1. The van der Waals surface area contributed by atoms with Crippen LogP contribution in [-0.4, -0.2) is 13.1 Å². The van der Waals surface area contributed by atoms with E-state index in [2.05, 4.69) is 11.4 Å². The van der Waals surface area contributed by atoms with Crippen molar-refractivity contribution in [3.05, 3.63) is 0 Å². The van der Waals surface area contributed by atoms with Crippen molar-refractivity contribution >= 4 is 12.4 Å². The molecule has 0 aromatic rings. The zero-order valence-electron chi connectivity index (χ0n) is 6.18. The minimum atomic E-state index is -0.0365. The van der Waals surface area contributed by atoms with Gasteiger partial charge in [0.2, 0.25) is 0 Å². The third-order valence-corrected chi connectivity index (χ3v) is 1.98. The molecule has 2 nitrogen and oxygen atoms in total. The zero-order valence-corrected chi connectivity index (χ0v) is 7.00. The molecule has 0 saturated carbocycles. The summed E-state index contributed by atoms with van der Waals surface area (Å²) in [5.74, 6) is 0. The van der Waals surface area contributed by atoms with Crippen LogP contribution in [0.2, 0.25) is 0 Å². The first-order valence-electron chi connectivity index (χ1n) is 3.39. The monoisotopic (exact) mass is 160 g/mol. The van der Waals surface area contributed by atoms with Crippen LogP contribution in [0.3, 0.4) is 0 Å². The Bertz CT molecular complexity index is 133. The molecule has 1 aliphatic rings. The van der Waals surface area contributed by atoms with Gasteiger partial charge in [0.15, 0.2) is 0 Å². The molecule has 1 aliphatic heterocycles. The van der Waals surface area contributed by atoms with Gasteiger partial charge in [-0.3, -0.25) is 0 Å². The van der Waals surface area contributed by atoms with Gasteiger partial charge in [0, 0.05) is 0 Å². The van der Waals surface area contributed by atoms with Crippen molar-refractivity contribution in [1.29, 1.82) is 5.26 Å². The standard InChI is InChI=1S/C7H12N2.ClH/c1-7(6-8)2-4-9-5-3-7;/h9H,2-5H2,1H3;1H. The van der Waals surface area contributed by atoms with Crippen molar-refractivity contribution in [3.8, 4) is 6.07 Å². The highest BCUT2D eigenvalue weighted by Crippen LogP contribution is 2.25. The van der Waals surface area contributed by atoms with Crippen molar-refractivity contribution in [3.63, 3.8) is 0 Å². The van der Waals surface area contributed by atoms with Crippen molar-refractivity contribution in [2.24, 2.45) is 5.41 Å². The lowest BCUT2D eigenvalue weighted by Gasteiger charge is -2.26. The van der Waals surface area contributed by atoms with Crippen molar-refractivity contribution in [2.75, 3.05) is 13.1 Å². The Morgan fingerprint density at radius 3 is 2.20 bits per heavy atom. The van der Waals surface area contributed by atoms with Gasteiger partial charge in [-0.05, 0) is 32.9 Å². The molecule has 58 valence electrons. The lowest BCUT2D eigenvalue weighted by molar-refractivity contribution is 0.312. The lowest BCUT2D eigenvalue weighted by Crippen LogP contribution is -2.33. The van der Waals surface area contributed by atoms with E-state index in [4.69, 9.17) is 5.26 Å². The number of hydrogen-bond donors (Lipinski definition) is 1. The Balaban J connectivity index is 0.000000810. The Labute approximate surface area is 68.0 Å². The third-order valence-electron chi connectivity index (χ3n) is 1.98. The summed E-state index contributed by atoms with van der Waals surface area (Å²) >= 11 is 0. The van der Waals surface area contributed by atoms with Crippen LogP contribution in [0.15, 0.2) is 0 Å². The molecule has 0 radical (unpaired) electrons. The van der Waals surface area contributed by atoms with Crippen molar-refractivity contribution in [2.45, 2.75) is 19.8 Å². The maximum absolute atomic E-state index is 8.67. The summed E-state index contributed by atoms with van der Waals surface area (Å²) in [6.45, 7) is 4.04. The SMILES string of the molecule is CC1(C#N)CCNCC1.Cl. The Morgan fingerprint density at radius 1 is 1.40 bits per heavy atom. The smallest absolute Gasteiger partial charge is 0.0687 e. The van der Waals surface area contributed by atoms with Gasteiger partial charge in [-0.1, -0.05) is 0 Å². The van der Waals surface area contributed by atoms with Gasteiger partial charge < -0.3 is 5.32 Å². The molecule has 0 spiro atoms. The summed E-state index contributed by atoms with van der Waals surface area (Å²) in [6, 6.07) is 2.34. The van der Waals surface area contributed by atoms with Gasteiger partial charge in [0.05, 0.1) is 11.5 Å². The summed E-state index contributed by atoms with van der Waals surface area (Å²) in [6.07, 6.45) is 2.01. The third kappa shape index (κ3) is 2.17. The van der Waals surface area contributed by atoms with E-state index in [0.717, 1.165) is 25.9 Å². The second-order valence-corrected chi connectivity index (χ2v) is 2.92. The Morgan fingerprint density at radius 2 is 1.90 bits per heavy atom. The first-order chi connectivity index (χ1) is 4.27. The predicted octanol–water partition coefficient (Wildman–Crippen LogP) is 1.32. The molecule has 1 rings (SSSR count). The molecule has 0 aliphatic carbocycles. The number of piperidine rings is 1. The molecular formula is C7H13ClN2. The maximum atomic E-state index is 8.67. The first kappa shape index (κ1) is 9.74. The summed E-state index contributed by atoms with van der Waals surface area (Å²) in [4.78, 5) is 0. The van der Waals surface area contributed by atoms with E-state index in [-0.39, 0.29) is 17.8 Å². The normalized spacial score (nSPS) is 22.4. The predicted molar refractivity (Wildman–Crippen MR) is 43.1 cm³/mol. The van der Waals surface area contributed by atoms with Gasteiger partial charge in [-0.15, -0.1) is 12.4 Å². The lowest BCUT2D eigenvalue weighted by atomic mass is 9.83. The molecule has 1 fully saturated rings. The molecular weight excluding hydrogens is 148 g/mol. The highest BCUT2D eigenvalue weighted by molar-refractivity contribution is 5.85. The van der Waals surface area contributed by atoms with Gasteiger partial charge in [0.1, 0.15) is 0 Å². The van der Waals surface area contributed by atoms with E-state index in [1.807, 2.05) is 6.92 Å². The van der Waals surface area contributed by atoms with Crippen LogP contribution in [0.5, 0.6) is 0 Å². The van der Waals surface area contributed by atoms with Crippen LogP contribution in [-0.2, 0) is 0 Å². The molecule has 1 N–H and O–H groups in total. The number of nitrogens with zero attached hydrogens (tertiary/aromatic N) is 1. The number of nitriles is 1. The van der Waals surface area contributed by atoms with Crippen LogP contribution in [0.25, 0.3) is 0 Å². The average Bonchev–Trinajstić information content (AvgIpc) is 1.90. The molecule has 0 amide bonds. The van der Waals surface area contributed by atoms with E-state index in [0.29, 0.717) is 0 Å². The number of hydrogen-bond acceptors (Lipinski definition) is 2. The van der Waals surface area contributed by atoms with E-state index < -0.39 is 0 Å². The first-order valence-corrected chi connectivity index (χ1v) is 3.39. The highest BCUT2D eigenvalue weighted by atomic mass is 35.5. The summed E-state index contributed by atoms with van der Waals surface area (Å²) in [7, 11) is 0. The van der Waals surface area contributed by atoms with Gasteiger partial charge in [-0.25, -0.2) is 0 Å². The van der Waals surface area contributed by atoms with E-state index >= 15 is 0 Å². The largest absolute Gasteiger partial charge is 0.317 e. The van der Waals surface area contributed by atoms with Crippen LogP contribution in [0.4, 0.5) is 0 Å². The van der Waals surface area contributed by atoms with Gasteiger partial charge in [-0.2, -0.15) is 5.26 Å². The second kappa shape index (κ2) is 3.80. The minimum Gasteiger partial charge on any atom is -0.317 e. The quantitative estimate of drug-likeness (QED) is 0.580. The van der Waals surface area contributed by atoms with E-state index in [1.165, 1.54) is 0 Å². The summed E-state index contributed by atoms with van der Waals surface area (Å²) in [5.41, 5.74) is -0.0365. The fourth-order valence-electron chi connectivity index (χ4n) is 1.09. The molecule has 1 heterocycles. The molecule has 0 atom stereocenters. The average molecular weight is 161 g/mol. The Hall–Kier alpha value is -0.260. The number of halogens is 1. The van der Waals surface area contributed by atoms with Crippen LogP contribution in [0.1, 0.15) is 19.8 Å². The minimum absolute atomic E-state index is 0. The maximum Gasteiger partial charge on any atom is 0.0687 e. The number of rotatable bonds is 0. The molecule has 3 heteroatoms. The fraction of sp³-hybridized carbons (Fsp3) is 0.857. The van der Waals surface area contributed by atoms with E-state index in [9.17, 15) is 0 Å². The molecule has 1 saturated heterocycles. The summed E-state index contributed by atoms with van der Waals surface area (Å²) < 4.78 is 0. The summed E-state index contributed by atoms with van der Waals surface area (Å²) in [5, 5.41) is 11.9. The van der Waals surface area contributed by atoms with E-state index in [1.54, 1.807) is 0 Å². The van der Waals surface area contributed by atoms with Crippen LogP contribution >= 0.6 is 12.4 Å². The van der Waals surface area contributed by atoms with Crippen molar-refractivity contribution < 1.29 is 0 Å². The zero-order chi connectivity index (χ0) is 6.74. The molecule has 0 aromatic carbocycles. The van der Waals surface area contributed by atoms with Gasteiger partial charge in [0.25, 0.3) is 0 Å². The Kier molecular flexibility index (Phi) is 3.70. The topological polar surface area (TPSA) is 35.8 Å².